The second-order valence-corrected chi connectivity index (χ2v) is 3.57. The molecule has 0 bridgehead atoms. The first-order valence-electron chi connectivity index (χ1n) is 5.74. The van der Waals surface area contributed by atoms with Gasteiger partial charge >= 0.3 is 5.97 Å². The van der Waals surface area contributed by atoms with Crippen molar-refractivity contribution in [3.63, 3.8) is 0 Å². The molecule has 0 unspecified atom stereocenters. The Labute approximate surface area is 101 Å². The van der Waals surface area contributed by atoms with Gasteiger partial charge in [-0.15, -0.1) is 0 Å². The van der Waals surface area contributed by atoms with E-state index < -0.39 is 0 Å². The molecule has 0 atom stereocenters. The summed E-state index contributed by atoms with van der Waals surface area (Å²) in [6.45, 7) is 4.04. The summed E-state index contributed by atoms with van der Waals surface area (Å²) < 4.78 is 6.49. The van der Waals surface area contributed by atoms with Crippen molar-refractivity contribution in [1.29, 1.82) is 0 Å². The van der Waals surface area contributed by atoms with E-state index in [0.717, 1.165) is 5.56 Å². The quantitative estimate of drug-likeness (QED) is 0.491. The monoisotopic (exact) mass is 241 g/mol. The number of aliphatic hydroxyl groups excluding tert-OH is 1. The van der Waals surface area contributed by atoms with Crippen LogP contribution in [0.15, 0.2) is 12.4 Å². The Morgan fingerprint density at radius 3 is 3.18 bits per heavy atom. The molecule has 1 aromatic rings. The smallest absolute Gasteiger partial charge is 0.307 e. The molecule has 0 saturated heterocycles. The van der Waals surface area contributed by atoms with Crippen LogP contribution in [0.25, 0.3) is 0 Å². The highest BCUT2D eigenvalue weighted by Gasteiger charge is 2.01. The Morgan fingerprint density at radius 2 is 2.47 bits per heavy atom. The molecule has 6 nitrogen and oxygen atoms in total. The lowest BCUT2D eigenvalue weighted by Crippen LogP contribution is -2.18. The zero-order valence-electron chi connectivity index (χ0n) is 10.1. The molecule has 0 aliphatic heterocycles. The SMILES string of the molecule is CCOC(=O)CCNCc1cnn(CCO)c1. The molecule has 0 radical (unpaired) electrons. The molecule has 2 N–H and O–H groups in total. The molecule has 1 rings (SSSR count). The zero-order valence-corrected chi connectivity index (χ0v) is 10.1. The van der Waals surface area contributed by atoms with Gasteiger partial charge in [-0.25, -0.2) is 0 Å². The van der Waals surface area contributed by atoms with Crippen molar-refractivity contribution in [2.75, 3.05) is 19.8 Å². The summed E-state index contributed by atoms with van der Waals surface area (Å²) in [5.74, 6) is -0.184. The van der Waals surface area contributed by atoms with Crippen LogP contribution in [0.5, 0.6) is 0 Å². The predicted molar refractivity (Wildman–Crippen MR) is 62.3 cm³/mol. The molecule has 0 aromatic carbocycles. The highest BCUT2D eigenvalue weighted by Crippen LogP contribution is 1.97. The molecule has 1 aromatic heterocycles. The van der Waals surface area contributed by atoms with Crippen LogP contribution in [0.2, 0.25) is 0 Å². The van der Waals surface area contributed by atoms with Crippen molar-refractivity contribution in [2.24, 2.45) is 0 Å². The third-order valence-electron chi connectivity index (χ3n) is 2.16. The number of hydrogen-bond acceptors (Lipinski definition) is 5. The maximum absolute atomic E-state index is 11.0. The molecule has 0 saturated carbocycles. The average molecular weight is 241 g/mol. The van der Waals surface area contributed by atoms with Crippen LogP contribution in [-0.2, 0) is 22.6 Å². The first-order valence-corrected chi connectivity index (χ1v) is 5.74. The molecule has 0 aliphatic rings. The molecule has 0 spiro atoms. The van der Waals surface area contributed by atoms with E-state index in [1.807, 2.05) is 6.20 Å². The van der Waals surface area contributed by atoms with Gasteiger partial charge in [0.25, 0.3) is 0 Å². The number of aromatic nitrogens is 2. The first-order chi connectivity index (χ1) is 8.26. The van der Waals surface area contributed by atoms with Gasteiger partial charge in [-0.3, -0.25) is 9.48 Å². The van der Waals surface area contributed by atoms with Crippen LogP contribution >= 0.6 is 0 Å². The first kappa shape index (κ1) is 13.7. The lowest BCUT2D eigenvalue weighted by Gasteiger charge is -2.03. The molecular weight excluding hydrogens is 222 g/mol. The number of hydrogen-bond donors (Lipinski definition) is 2. The van der Waals surface area contributed by atoms with Crippen molar-refractivity contribution < 1.29 is 14.6 Å². The second kappa shape index (κ2) is 7.81. The summed E-state index contributed by atoms with van der Waals surface area (Å²) in [4.78, 5) is 11.0. The number of carbonyl (C=O) groups is 1. The van der Waals surface area contributed by atoms with Crippen molar-refractivity contribution >= 4 is 5.97 Å². The van der Waals surface area contributed by atoms with E-state index in [-0.39, 0.29) is 12.6 Å². The number of rotatable bonds is 8. The van der Waals surface area contributed by atoms with Crippen molar-refractivity contribution in [3.8, 4) is 0 Å². The molecule has 1 heterocycles. The van der Waals surface area contributed by atoms with E-state index in [4.69, 9.17) is 9.84 Å². The van der Waals surface area contributed by atoms with Crippen LogP contribution in [0.4, 0.5) is 0 Å². The third kappa shape index (κ3) is 5.46. The lowest BCUT2D eigenvalue weighted by atomic mass is 10.3. The number of ether oxygens (including phenoxy) is 1. The number of aliphatic hydroxyl groups is 1. The Bertz CT molecular complexity index is 338. The van der Waals surface area contributed by atoms with E-state index in [0.29, 0.717) is 32.7 Å². The summed E-state index contributed by atoms with van der Waals surface area (Å²) in [6, 6.07) is 0. The van der Waals surface area contributed by atoms with Gasteiger partial charge in [-0.1, -0.05) is 0 Å². The number of carbonyl (C=O) groups excluding carboxylic acids is 1. The topological polar surface area (TPSA) is 76.4 Å². The number of nitrogens with one attached hydrogen (secondary N) is 1. The molecule has 0 aliphatic carbocycles. The summed E-state index contributed by atoms with van der Waals surface area (Å²) in [5.41, 5.74) is 1.03. The normalized spacial score (nSPS) is 10.5. The summed E-state index contributed by atoms with van der Waals surface area (Å²) in [5, 5.41) is 15.9. The predicted octanol–water partition coefficient (Wildman–Crippen LogP) is -0.0818. The fraction of sp³-hybridized carbons (Fsp3) is 0.636. The van der Waals surface area contributed by atoms with Gasteiger partial charge in [-0.2, -0.15) is 5.10 Å². The molecule has 6 heteroatoms. The zero-order chi connectivity index (χ0) is 12.5. The fourth-order valence-corrected chi connectivity index (χ4v) is 1.38. The van der Waals surface area contributed by atoms with Crippen LogP contribution in [-0.4, -0.2) is 40.6 Å². The van der Waals surface area contributed by atoms with Crippen molar-refractivity contribution in [3.05, 3.63) is 18.0 Å². The Morgan fingerprint density at radius 1 is 1.65 bits per heavy atom. The minimum absolute atomic E-state index is 0.0808. The summed E-state index contributed by atoms with van der Waals surface area (Å²) >= 11 is 0. The van der Waals surface area contributed by atoms with Gasteiger partial charge in [-0.05, 0) is 6.92 Å². The van der Waals surface area contributed by atoms with E-state index in [2.05, 4.69) is 10.4 Å². The maximum Gasteiger partial charge on any atom is 0.307 e. The molecule has 96 valence electrons. The van der Waals surface area contributed by atoms with Crippen LogP contribution < -0.4 is 5.32 Å². The molecule has 0 amide bonds. The average Bonchev–Trinajstić information content (AvgIpc) is 2.73. The minimum atomic E-state index is -0.184. The third-order valence-corrected chi connectivity index (χ3v) is 2.16. The van der Waals surface area contributed by atoms with Gasteiger partial charge in [0.05, 0.1) is 32.4 Å². The summed E-state index contributed by atoms with van der Waals surface area (Å²) in [7, 11) is 0. The van der Waals surface area contributed by atoms with Gasteiger partial charge in [0.2, 0.25) is 0 Å². The fourth-order valence-electron chi connectivity index (χ4n) is 1.38. The van der Waals surface area contributed by atoms with Crippen molar-refractivity contribution in [2.45, 2.75) is 26.4 Å². The van der Waals surface area contributed by atoms with E-state index >= 15 is 0 Å². The van der Waals surface area contributed by atoms with Crippen LogP contribution in [0.3, 0.4) is 0 Å². The Kier molecular flexibility index (Phi) is 6.27. The highest BCUT2D eigenvalue weighted by molar-refractivity contribution is 5.69. The maximum atomic E-state index is 11.0. The molecule has 17 heavy (non-hydrogen) atoms. The Hall–Kier alpha value is -1.40. The molecular formula is C11H19N3O3. The van der Waals surface area contributed by atoms with Crippen LogP contribution in [0.1, 0.15) is 18.9 Å². The number of nitrogens with zero attached hydrogens (tertiary/aromatic N) is 2. The molecule has 0 fully saturated rings. The van der Waals surface area contributed by atoms with E-state index in [1.165, 1.54) is 0 Å². The number of esters is 1. The summed E-state index contributed by atoms with van der Waals surface area (Å²) in [6.07, 6.45) is 3.99. The largest absolute Gasteiger partial charge is 0.466 e. The lowest BCUT2D eigenvalue weighted by molar-refractivity contribution is -0.142. The van der Waals surface area contributed by atoms with E-state index in [1.54, 1.807) is 17.8 Å². The van der Waals surface area contributed by atoms with E-state index in [9.17, 15) is 4.79 Å². The van der Waals surface area contributed by atoms with Gasteiger partial charge < -0.3 is 15.2 Å². The Balaban J connectivity index is 2.15. The van der Waals surface area contributed by atoms with Gasteiger partial charge in [0.1, 0.15) is 0 Å². The minimum Gasteiger partial charge on any atom is -0.466 e. The van der Waals surface area contributed by atoms with Gasteiger partial charge in [0, 0.05) is 24.8 Å². The van der Waals surface area contributed by atoms with Crippen LogP contribution in [0, 0.1) is 0 Å². The second-order valence-electron chi connectivity index (χ2n) is 3.57. The highest BCUT2D eigenvalue weighted by atomic mass is 16.5. The van der Waals surface area contributed by atoms with Gasteiger partial charge in [0.15, 0.2) is 0 Å². The van der Waals surface area contributed by atoms with Crippen molar-refractivity contribution in [1.82, 2.24) is 15.1 Å². The standard InChI is InChI=1S/C11H19N3O3/c1-2-17-11(16)3-4-12-7-10-8-13-14(9-10)5-6-15/h8-9,12,15H,2-7H2,1H3.